The van der Waals surface area contributed by atoms with Crippen molar-refractivity contribution in [3.05, 3.63) is 301 Å². The van der Waals surface area contributed by atoms with Crippen LogP contribution in [0, 0.1) is 0 Å². The van der Waals surface area contributed by atoms with E-state index in [0.717, 1.165) is 45.0 Å². The average molecular weight is 879 g/mol. The monoisotopic (exact) mass is 878 g/mol. The molecule has 0 saturated carbocycles. The van der Waals surface area contributed by atoms with Crippen molar-refractivity contribution in [1.29, 1.82) is 0 Å². The van der Waals surface area contributed by atoms with Gasteiger partial charge in [0.1, 0.15) is 0 Å². The molecule has 13 rings (SSSR count). The zero-order valence-electron chi connectivity index (χ0n) is 38.0. The van der Waals surface area contributed by atoms with E-state index in [1.807, 2.05) is 0 Å². The molecule has 0 radical (unpaired) electrons. The van der Waals surface area contributed by atoms with Crippen LogP contribution in [0.1, 0.15) is 22.3 Å². The van der Waals surface area contributed by atoms with Gasteiger partial charge in [-0.2, -0.15) is 0 Å². The third kappa shape index (κ3) is 6.56. The van der Waals surface area contributed by atoms with Crippen molar-refractivity contribution < 1.29 is 0 Å². The highest BCUT2D eigenvalue weighted by atomic mass is 15.2. The molecule has 0 atom stereocenters. The number of para-hydroxylation sites is 5. The number of hydrogen-bond donors (Lipinski definition) is 0. The Hall–Kier alpha value is -8.98. The van der Waals surface area contributed by atoms with E-state index in [0.29, 0.717) is 0 Å². The Bertz CT molecular complexity index is 3620. The minimum atomic E-state index is -0.609. The van der Waals surface area contributed by atoms with Crippen LogP contribution in [0.4, 0.5) is 34.1 Å². The van der Waals surface area contributed by atoms with Crippen molar-refractivity contribution in [2.75, 3.05) is 9.80 Å². The molecule has 0 fully saturated rings. The predicted molar refractivity (Wildman–Crippen MR) is 288 cm³/mol. The maximum absolute atomic E-state index is 2.51. The predicted octanol–water partition coefficient (Wildman–Crippen LogP) is 18.0. The molecule has 2 nitrogen and oxygen atoms in total. The molecule has 11 aromatic carbocycles. The van der Waals surface area contributed by atoms with Crippen LogP contribution in [-0.4, -0.2) is 0 Å². The fourth-order valence-corrected chi connectivity index (χ4v) is 11.3. The molecule has 0 unspecified atom stereocenters. The summed E-state index contributed by atoms with van der Waals surface area (Å²) in [6, 6.07) is 102. The summed E-state index contributed by atoms with van der Waals surface area (Å²) in [5, 5.41) is 0. The lowest BCUT2D eigenvalue weighted by Gasteiger charge is -2.45. The Morgan fingerprint density at radius 1 is 0.261 bits per heavy atom. The first-order valence-electron chi connectivity index (χ1n) is 23.8. The van der Waals surface area contributed by atoms with E-state index >= 15 is 0 Å². The van der Waals surface area contributed by atoms with E-state index in [4.69, 9.17) is 0 Å². The molecular weight excluding hydrogens is 833 g/mol. The van der Waals surface area contributed by atoms with Gasteiger partial charge in [0.05, 0.1) is 28.2 Å². The van der Waals surface area contributed by atoms with E-state index in [1.54, 1.807) is 0 Å². The molecular formula is C67H46N2. The molecule has 0 aromatic heterocycles. The Balaban J connectivity index is 1.07. The fourth-order valence-electron chi connectivity index (χ4n) is 11.3. The summed E-state index contributed by atoms with van der Waals surface area (Å²) in [5.41, 5.74) is 23.2. The molecule has 1 heterocycles. The fraction of sp³-hybridized carbons (Fsp3) is 0.0149. The molecule has 69 heavy (non-hydrogen) atoms. The molecule has 0 N–H and O–H groups in total. The van der Waals surface area contributed by atoms with E-state index < -0.39 is 5.41 Å². The van der Waals surface area contributed by atoms with Crippen molar-refractivity contribution in [3.8, 4) is 55.6 Å². The number of rotatable bonds is 8. The van der Waals surface area contributed by atoms with E-state index in [1.165, 1.54) is 67.0 Å². The largest absolute Gasteiger partial charge is 0.310 e. The molecule has 0 bridgehead atoms. The maximum atomic E-state index is 2.51. The minimum Gasteiger partial charge on any atom is -0.310 e. The summed E-state index contributed by atoms with van der Waals surface area (Å²) in [5.74, 6) is 0. The molecule has 1 aliphatic heterocycles. The van der Waals surface area contributed by atoms with Crippen LogP contribution < -0.4 is 9.80 Å². The van der Waals surface area contributed by atoms with Gasteiger partial charge < -0.3 is 9.80 Å². The van der Waals surface area contributed by atoms with Gasteiger partial charge in [0.2, 0.25) is 0 Å². The van der Waals surface area contributed by atoms with Gasteiger partial charge in [-0.25, -0.2) is 0 Å². The molecule has 0 amide bonds. The molecule has 1 aliphatic carbocycles. The van der Waals surface area contributed by atoms with Crippen LogP contribution in [0.15, 0.2) is 279 Å². The second kappa shape index (κ2) is 16.7. The average Bonchev–Trinajstić information content (AvgIpc) is 3.72. The van der Waals surface area contributed by atoms with Gasteiger partial charge in [0, 0.05) is 22.5 Å². The number of anilines is 6. The van der Waals surface area contributed by atoms with Crippen LogP contribution in [0.25, 0.3) is 55.6 Å². The van der Waals surface area contributed by atoms with Gasteiger partial charge >= 0.3 is 0 Å². The molecule has 11 aromatic rings. The third-order valence-corrected chi connectivity index (χ3v) is 14.3. The lowest BCUT2D eigenvalue weighted by molar-refractivity contribution is 0.752. The highest BCUT2D eigenvalue weighted by molar-refractivity contribution is 5.99. The van der Waals surface area contributed by atoms with Gasteiger partial charge in [0.25, 0.3) is 0 Å². The zero-order valence-corrected chi connectivity index (χ0v) is 38.0. The van der Waals surface area contributed by atoms with Crippen molar-refractivity contribution in [2.45, 2.75) is 5.41 Å². The van der Waals surface area contributed by atoms with Crippen LogP contribution in [0.5, 0.6) is 0 Å². The third-order valence-electron chi connectivity index (χ3n) is 14.3. The van der Waals surface area contributed by atoms with Gasteiger partial charge in [0.15, 0.2) is 0 Å². The number of hydrogen-bond acceptors (Lipinski definition) is 2. The quantitative estimate of drug-likeness (QED) is 0.150. The van der Waals surface area contributed by atoms with Crippen molar-refractivity contribution >= 4 is 34.1 Å². The highest BCUT2D eigenvalue weighted by Crippen LogP contribution is 2.64. The summed E-state index contributed by atoms with van der Waals surface area (Å²) >= 11 is 0. The summed E-state index contributed by atoms with van der Waals surface area (Å²) in [4.78, 5) is 4.96. The van der Waals surface area contributed by atoms with Crippen LogP contribution >= 0.6 is 0 Å². The Kier molecular flexibility index (Phi) is 9.77. The minimum absolute atomic E-state index is 0.609. The number of nitrogens with zero attached hydrogens (tertiary/aromatic N) is 2. The second-order valence-electron chi connectivity index (χ2n) is 18.0. The van der Waals surface area contributed by atoms with Gasteiger partial charge in [-0.3, -0.25) is 0 Å². The summed E-state index contributed by atoms with van der Waals surface area (Å²) in [6.07, 6.45) is 0. The van der Waals surface area contributed by atoms with Crippen molar-refractivity contribution in [1.82, 2.24) is 0 Å². The number of fused-ring (bicyclic) bond motifs is 9. The normalized spacial score (nSPS) is 12.7. The van der Waals surface area contributed by atoms with Crippen LogP contribution in [0.2, 0.25) is 0 Å². The first-order valence-corrected chi connectivity index (χ1v) is 23.8. The van der Waals surface area contributed by atoms with Crippen LogP contribution in [-0.2, 0) is 5.41 Å². The van der Waals surface area contributed by atoms with Gasteiger partial charge in [-0.1, -0.05) is 224 Å². The molecule has 2 heteroatoms. The van der Waals surface area contributed by atoms with Gasteiger partial charge in [-0.05, 0) is 121 Å². The first kappa shape index (κ1) is 40.3. The Morgan fingerprint density at radius 3 is 1.33 bits per heavy atom. The first-order chi connectivity index (χ1) is 34.3. The van der Waals surface area contributed by atoms with Crippen molar-refractivity contribution in [3.63, 3.8) is 0 Å². The summed E-state index contributed by atoms with van der Waals surface area (Å²) in [6.45, 7) is 0. The standard InChI is InChI=1S/C67H46N2/c1-4-21-47(22-5-1)49-39-41-50(42-40-49)55-29-11-16-35-63(55)69(64-36-17-12-30-56(64)52-26-20-25-51(45-52)48-23-6-2-7-24-48)54-43-44-58-57-31-10-13-32-59(57)67(62(58)46-54)60-33-14-18-37-65(60)68(53-27-8-3-9-28-53)66-38-19-15-34-61(66)67/h1-46H. The van der Waals surface area contributed by atoms with Crippen molar-refractivity contribution in [2.24, 2.45) is 0 Å². The Labute approximate surface area is 404 Å². The second-order valence-corrected chi connectivity index (χ2v) is 18.0. The number of benzene rings is 11. The summed E-state index contributed by atoms with van der Waals surface area (Å²) < 4.78 is 0. The smallest absolute Gasteiger partial charge is 0.0755 e. The summed E-state index contributed by atoms with van der Waals surface area (Å²) in [7, 11) is 0. The lowest BCUT2D eigenvalue weighted by atomic mass is 9.64. The van der Waals surface area contributed by atoms with E-state index in [2.05, 4.69) is 289 Å². The van der Waals surface area contributed by atoms with Gasteiger partial charge in [-0.15, -0.1) is 0 Å². The molecule has 0 saturated heterocycles. The highest BCUT2D eigenvalue weighted by Gasteiger charge is 2.52. The lowest BCUT2D eigenvalue weighted by Crippen LogP contribution is -2.36. The molecule has 324 valence electrons. The molecule has 2 aliphatic rings. The maximum Gasteiger partial charge on any atom is 0.0755 e. The SMILES string of the molecule is c1ccc(-c2ccc(-c3ccccc3N(c3ccc4c(c3)C3(c5ccccc5-4)c4ccccc4N(c4ccccc4)c4ccccc43)c3ccccc3-c3cccc(-c4ccccc4)c3)cc2)cc1. The zero-order chi connectivity index (χ0) is 45.7. The molecule has 1 spiro atoms. The van der Waals surface area contributed by atoms with E-state index in [-0.39, 0.29) is 0 Å². The van der Waals surface area contributed by atoms with E-state index in [9.17, 15) is 0 Å². The Morgan fingerprint density at radius 2 is 0.696 bits per heavy atom. The topological polar surface area (TPSA) is 6.48 Å². The van der Waals surface area contributed by atoms with Crippen LogP contribution in [0.3, 0.4) is 0 Å².